The van der Waals surface area contributed by atoms with Gasteiger partial charge in [0.25, 0.3) is 0 Å². The van der Waals surface area contributed by atoms with Crippen molar-refractivity contribution in [1.29, 1.82) is 0 Å². The number of carbonyl (C=O) groups excluding carboxylic acids is 2. The van der Waals surface area contributed by atoms with Crippen LogP contribution >= 0.6 is 0 Å². The minimum atomic E-state index is -0.392. The van der Waals surface area contributed by atoms with Crippen LogP contribution in [0.1, 0.15) is 19.3 Å². The smallest absolute Gasteiger partial charge is 0.217 e. The molecule has 0 unspecified atom stereocenters. The third-order valence-corrected chi connectivity index (χ3v) is 0.846. The van der Waals surface area contributed by atoms with Crippen LogP contribution in [0.15, 0.2) is 0 Å². The summed E-state index contributed by atoms with van der Waals surface area (Å²) in [4.78, 5) is 20.1. The van der Waals surface area contributed by atoms with E-state index in [0.29, 0.717) is 6.42 Å². The van der Waals surface area contributed by atoms with Gasteiger partial charge < -0.3 is 16.9 Å². The third kappa shape index (κ3) is 10.0. The molecule has 2 amide bonds. The fraction of sp³-hybridized carbons (Fsp3) is 0.600. The lowest BCUT2D eigenvalue weighted by molar-refractivity contribution is -0.119. The van der Waals surface area contributed by atoms with Crippen molar-refractivity contribution in [2.75, 3.05) is 0 Å². The molecule has 0 spiro atoms. The van der Waals surface area contributed by atoms with Gasteiger partial charge in [0.15, 0.2) is 0 Å². The summed E-state index contributed by atoms with van der Waals surface area (Å²) in [6.07, 6.45) is 0.941. The van der Waals surface area contributed by atoms with E-state index in [2.05, 4.69) is 0 Å². The van der Waals surface area contributed by atoms with Gasteiger partial charge in [-0.25, -0.2) is 0 Å². The predicted octanol–water partition coefficient (Wildman–Crippen LogP) is -1.70. The molecule has 6 N–H and O–H groups in total. The van der Waals surface area contributed by atoms with Crippen LogP contribution in [0.2, 0.25) is 0 Å². The molecule has 5 nitrogen and oxygen atoms in total. The predicted molar refractivity (Wildman–Crippen MR) is 35.9 cm³/mol. The first-order chi connectivity index (χ1) is 4.13. The number of nitrogens with two attached hydrogens (primary N) is 2. The molecule has 0 aromatic rings. The molecule has 0 aliphatic heterocycles. The zero-order valence-corrected chi connectivity index (χ0v) is 5.59. The van der Waals surface area contributed by atoms with Gasteiger partial charge in [0.1, 0.15) is 0 Å². The Labute approximate surface area is 58.7 Å². The van der Waals surface area contributed by atoms with Crippen LogP contribution in [-0.4, -0.2) is 17.3 Å². The average Bonchev–Trinajstić information content (AvgIpc) is 1.63. The lowest BCUT2D eigenvalue weighted by atomic mass is 10.2. The molecule has 0 saturated carbocycles. The lowest BCUT2D eigenvalue weighted by Crippen LogP contribution is -2.14. The van der Waals surface area contributed by atoms with E-state index in [-0.39, 0.29) is 18.3 Å². The van der Waals surface area contributed by atoms with Crippen molar-refractivity contribution in [3.8, 4) is 0 Å². The Morgan fingerprint density at radius 3 is 1.50 bits per heavy atom. The van der Waals surface area contributed by atoms with Gasteiger partial charge in [-0.2, -0.15) is 0 Å². The molecule has 0 aromatic carbocycles. The largest absolute Gasteiger partial charge is 0.412 e. The number of carbonyl (C=O) groups is 2. The van der Waals surface area contributed by atoms with Gasteiger partial charge in [-0.05, 0) is 6.42 Å². The third-order valence-electron chi connectivity index (χ3n) is 0.846. The number of primary amides is 2. The van der Waals surface area contributed by atoms with Crippen LogP contribution in [0, 0.1) is 0 Å². The van der Waals surface area contributed by atoms with E-state index in [1.807, 2.05) is 0 Å². The molecular formula is C5H12N2O3. The van der Waals surface area contributed by atoms with Crippen molar-refractivity contribution in [3.63, 3.8) is 0 Å². The molecule has 0 aliphatic carbocycles. The Hall–Kier alpha value is -1.10. The first-order valence-electron chi connectivity index (χ1n) is 2.69. The van der Waals surface area contributed by atoms with Crippen LogP contribution in [-0.2, 0) is 9.59 Å². The van der Waals surface area contributed by atoms with E-state index in [9.17, 15) is 9.59 Å². The number of hydrogen-bond donors (Lipinski definition) is 2. The highest BCUT2D eigenvalue weighted by Gasteiger charge is 1.96. The summed E-state index contributed by atoms with van der Waals surface area (Å²) < 4.78 is 0. The van der Waals surface area contributed by atoms with Crippen molar-refractivity contribution >= 4 is 11.8 Å². The molecule has 0 rings (SSSR count). The molecule has 0 atom stereocenters. The summed E-state index contributed by atoms with van der Waals surface area (Å²) in [5.74, 6) is -0.785. The second kappa shape index (κ2) is 6.03. The monoisotopic (exact) mass is 148 g/mol. The van der Waals surface area contributed by atoms with Gasteiger partial charge in [0, 0.05) is 12.8 Å². The van der Waals surface area contributed by atoms with Crippen LogP contribution < -0.4 is 11.5 Å². The van der Waals surface area contributed by atoms with E-state index in [4.69, 9.17) is 11.5 Å². The fourth-order valence-corrected chi connectivity index (χ4v) is 0.437. The first-order valence-corrected chi connectivity index (χ1v) is 2.69. The Balaban J connectivity index is 0. The van der Waals surface area contributed by atoms with Crippen LogP contribution in [0.3, 0.4) is 0 Å². The molecule has 0 radical (unpaired) electrons. The molecule has 60 valence electrons. The van der Waals surface area contributed by atoms with Gasteiger partial charge >= 0.3 is 0 Å². The Morgan fingerprint density at radius 1 is 1.00 bits per heavy atom. The maximum absolute atomic E-state index is 10.1. The average molecular weight is 148 g/mol. The molecule has 10 heavy (non-hydrogen) atoms. The number of amides is 2. The first kappa shape index (κ1) is 11.7. The summed E-state index contributed by atoms with van der Waals surface area (Å²) in [7, 11) is 0. The Morgan fingerprint density at radius 2 is 1.30 bits per heavy atom. The van der Waals surface area contributed by atoms with Crippen molar-refractivity contribution in [3.05, 3.63) is 0 Å². The van der Waals surface area contributed by atoms with E-state index in [1.165, 1.54) is 0 Å². The minimum Gasteiger partial charge on any atom is -0.412 e. The zero-order valence-electron chi connectivity index (χ0n) is 5.59. The van der Waals surface area contributed by atoms with Crippen LogP contribution in [0.5, 0.6) is 0 Å². The molecule has 5 heteroatoms. The topological polar surface area (TPSA) is 118 Å². The van der Waals surface area contributed by atoms with Gasteiger partial charge in [0.05, 0.1) is 0 Å². The molecule has 0 heterocycles. The Bertz CT molecular complexity index is 110. The van der Waals surface area contributed by atoms with Crippen molar-refractivity contribution in [2.45, 2.75) is 19.3 Å². The maximum atomic E-state index is 10.1. The van der Waals surface area contributed by atoms with Crippen LogP contribution in [0.4, 0.5) is 0 Å². The summed E-state index contributed by atoms with van der Waals surface area (Å²) in [6.45, 7) is 0. The van der Waals surface area contributed by atoms with Gasteiger partial charge in [0.2, 0.25) is 11.8 Å². The second-order valence-electron chi connectivity index (χ2n) is 1.79. The van der Waals surface area contributed by atoms with Gasteiger partial charge in [-0.3, -0.25) is 9.59 Å². The fourth-order valence-electron chi connectivity index (χ4n) is 0.437. The van der Waals surface area contributed by atoms with Crippen molar-refractivity contribution in [1.82, 2.24) is 0 Å². The number of rotatable bonds is 4. The van der Waals surface area contributed by atoms with Crippen LogP contribution in [0.25, 0.3) is 0 Å². The molecular weight excluding hydrogens is 136 g/mol. The van der Waals surface area contributed by atoms with E-state index in [1.54, 1.807) is 0 Å². The zero-order chi connectivity index (χ0) is 7.28. The SMILES string of the molecule is NC(=O)CCCC(N)=O.O. The Kier molecular flexibility index (Phi) is 7.03. The van der Waals surface area contributed by atoms with Gasteiger partial charge in [-0.15, -0.1) is 0 Å². The quantitative estimate of drug-likeness (QED) is 0.494. The normalized spacial score (nSPS) is 8.00. The number of hydrogen-bond acceptors (Lipinski definition) is 2. The summed E-state index contributed by atoms with van der Waals surface area (Å²) in [5, 5.41) is 0. The molecule has 0 bridgehead atoms. The summed E-state index contributed by atoms with van der Waals surface area (Å²) in [5.41, 5.74) is 9.58. The summed E-state index contributed by atoms with van der Waals surface area (Å²) >= 11 is 0. The lowest BCUT2D eigenvalue weighted by Gasteiger charge is -1.90. The standard InChI is InChI=1S/C5H10N2O2.H2O/c6-4(8)2-1-3-5(7)9;/h1-3H2,(H2,6,8)(H2,7,9);1H2. The molecule has 0 fully saturated rings. The van der Waals surface area contributed by atoms with Crippen molar-refractivity contribution in [2.24, 2.45) is 11.5 Å². The minimum absolute atomic E-state index is 0. The van der Waals surface area contributed by atoms with Gasteiger partial charge in [-0.1, -0.05) is 0 Å². The maximum Gasteiger partial charge on any atom is 0.217 e. The highest BCUT2D eigenvalue weighted by molar-refractivity contribution is 5.76. The second-order valence-corrected chi connectivity index (χ2v) is 1.79. The van der Waals surface area contributed by atoms with E-state index in [0.717, 1.165) is 0 Å². The summed E-state index contributed by atoms with van der Waals surface area (Å²) in [6, 6.07) is 0. The molecule has 0 aliphatic rings. The molecule has 0 aromatic heterocycles. The highest BCUT2D eigenvalue weighted by Crippen LogP contribution is 1.91. The highest BCUT2D eigenvalue weighted by atomic mass is 16.1. The van der Waals surface area contributed by atoms with E-state index < -0.39 is 11.8 Å². The van der Waals surface area contributed by atoms with Crippen molar-refractivity contribution < 1.29 is 15.1 Å². The van der Waals surface area contributed by atoms with E-state index >= 15 is 0 Å². The molecule has 0 saturated heterocycles.